The normalized spacial score (nSPS) is 16.4. The predicted molar refractivity (Wildman–Crippen MR) is 67.2 cm³/mol. The second-order valence-electron chi connectivity index (χ2n) is 4.39. The fourth-order valence-corrected chi connectivity index (χ4v) is 2.93. The Morgan fingerprint density at radius 3 is 2.59 bits per heavy atom. The molecule has 0 radical (unpaired) electrons. The minimum atomic E-state index is 0.733. The van der Waals surface area contributed by atoms with Crippen molar-refractivity contribution in [3.05, 3.63) is 21.7 Å². The third-order valence-electron chi connectivity index (χ3n) is 3.40. The molecule has 0 aromatic heterocycles. The van der Waals surface area contributed by atoms with E-state index in [1.165, 1.54) is 11.1 Å². The van der Waals surface area contributed by atoms with Gasteiger partial charge in [-0.05, 0) is 6.54 Å². The summed E-state index contributed by atoms with van der Waals surface area (Å²) in [6.45, 7) is 5.36. The molecule has 0 spiro atoms. The van der Waals surface area contributed by atoms with Crippen molar-refractivity contribution < 1.29 is 9.47 Å². The number of fused-ring (bicyclic) bond motifs is 2. The molecule has 0 unspecified atom stereocenters. The number of ether oxygens (including phenoxy) is 2. The average molecular weight is 254 g/mol. The van der Waals surface area contributed by atoms with Crippen molar-refractivity contribution in [1.82, 2.24) is 5.32 Å². The summed E-state index contributed by atoms with van der Waals surface area (Å²) < 4.78 is 11.4. The summed E-state index contributed by atoms with van der Waals surface area (Å²) in [5, 5.41) is 4.13. The standard InChI is InChI=1S/C13H16ClNO2/c1-2-15-7-10-8-3-5-17-13(8)11(14)9-4-6-16-12(9)10/h15H,2-7H2,1H3. The van der Waals surface area contributed by atoms with E-state index in [4.69, 9.17) is 21.1 Å². The van der Waals surface area contributed by atoms with Gasteiger partial charge in [-0.2, -0.15) is 0 Å². The quantitative estimate of drug-likeness (QED) is 0.897. The maximum Gasteiger partial charge on any atom is 0.142 e. The van der Waals surface area contributed by atoms with Gasteiger partial charge < -0.3 is 14.8 Å². The Morgan fingerprint density at radius 1 is 1.12 bits per heavy atom. The summed E-state index contributed by atoms with van der Waals surface area (Å²) in [6, 6.07) is 0. The SMILES string of the molecule is CCNCc1c2c(c(Cl)c3c1OCC3)OCC2. The summed E-state index contributed by atoms with van der Waals surface area (Å²) in [5.41, 5.74) is 3.60. The molecule has 2 heterocycles. The van der Waals surface area contributed by atoms with E-state index >= 15 is 0 Å². The van der Waals surface area contributed by atoms with Crippen LogP contribution in [0, 0.1) is 0 Å². The average Bonchev–Trinajstić information content (AvgIpc) is 2.97. The summed E-state index contributed by atoms with van der Waals surface area (Å²) in [7, 11) is 0. The molecule has 3 nitrogen and oxygen atoms in total. The van der Waals surface area contributed by atoms with Crippen LogP contribution in [0.2, 0.25) is 5.02 Å². The lowest BCUT2D eigenvalue weighted by Crippen LogP contribution is -2.14. The van der Waals surface area contributed by atoms with Crippen LogP contribution in [0.3, 0.4) is 0 Å². The highest BCUT2D eigenvalue weighted by Gasteiger charge is 2.30. The van der Waals surface area contributed by atoms with Crippen LogP contribution in [-0.4, -0.2) is 19.8 Å². The van der Waals surface area contributed by atoms with E-state index in [9.17, 15) is 0 Å². The topological polar surface area (TPSA) is 30.5 Å². The molecule has 1 N–H and O–H groups in total. The van der Waals surface area contributed by atoms with Gasteiger partial charge in [0.25, 0.3) is 0 Å². The van der Waals surface area contributed by atoms with Gasteiger partial charge in [0.1, 0.15) is 11.5 Å². The predicted octanol–water partition coefficient (Wildman–Crippen LogP) is 2.32. The first-order valence-corrected chi connectivity index (χ1v) is 6.53. The maximum atomic E-state index is 6.38. The summed E-state index contributed by atoms with van der Waals surface area (Å²) in [4.78, 5) is 0. The van der Waals surface area contributed by atoms with Crippen LogP contribution < -0.4 is 14.8 Å². The van der Waals surface area contributed by atoms with Gasteiger partial charge in [-0.15, -0.1) is 0 Å². The molecule has 17 heavy (non-hydrogen) atoms. The third-order valence-corrected chi connectivity index (χ3v) is 3.80. The zero-order valence-electron chi connectivity index (χ0n) is 9.94. The first-order chi connectivity index (χ1) is 8.33. The molecule has 0 bridgehead atoms. The largest absolute Gasteiger partial charge is 0.493 e. The number of nitrogens with one attached hydrogen (secondary N) is 1. The number of halogens is 1. The van der Waals surface area contributed by atoms with Crippen molar-refractivity contribution in [1.29, 1.82) is 0 Å². The molecule has 2 aliphatic rings. The number of hydrogen-bond acceptors (Lipinski definition) is 3. The Kier molecular flexibility index (Phi) is 2.89. The van der Waals surface area contributed by atoms with Crippen molar-refractivity contribution in [2.75, 3.05) is 19.8 Å². The molecule has 0 fully saturated rings. The summed E-state index contributed by atoms with van der Waals surface area (Å²) in [6.07, 6.45) is 1.83. The van der Waals surface area contributed by atoms with Crippen LogP contribution in [0.25, 0.3) is 0 Å². The van der Waals surface area contributed by atoms with E-state index in [1.807, 2.05) is 0 Å². The Hall–Kier alpha value is -0.930. The zero-order chi connectivity index (χ0) is 11.8. The smallest absolute Gasteiger partial charge is 0.142 e. The Morgan fingerprint density at radius 2 is 1.82 bits per heavy atom. The monoisotopic (exact) mass is 253 g/mol. The summed E-state index contributed by atoms with van der Waals surface area (Å²) in [5.74, 6) is 1.89. The Labute approximate surface area is 106 Å². The van der Waals surface area contributed by atoms with Crippen LogP contribution in [0.1, 0.15) is 23.6 Å². The van der Waals surface area contributed by atoms with E-state index in [2.05, 4.69) is 12.2 Å². The van der Waals surface area contributed by atoms with E-state index in [1.54, 1.807) is 0 Å². The highest BCUT2D eigenvalue weighted by molar-refractivity contribution is 6.33. The molecule has 0 amide bonds. The van der Waals surface area contributed by atoms with E-state index in [0.29, 0.717) is 0 Å². The Bertz CT molecular complexity index is 424. The molecule has 0 saturated heterocycles. The highest BCUT2D eigenvalue weighted by atomic mass is 35.5. The Balaban J connectivity index is 2.12. The van der Waals surface area contributed by atoms with E-state index in [0.717, 1.165) is 61.2 Å². The molecular weight excluding hydrogens is 238 g/mol. The minimum absolute atomic E-state index is 0.733. The van der Waals surface area contributed by atoms with Gasteiger partial charge in [-0.1, -0.05) is 18.5 Å². The van der Waals surface area contributed by atoms with Gasteiger partial charge >= 0.3 is 0 Å². The highest BCUT2D eigenvalue weighted by Crippen LogP contribution is 2.46. The van der Waals surface area contributed by atoms with E-state index < -0.39 is 0 Å². The van der Waals surface area contributed by atoms with Crippen LogP contribution >= 0.6 is 11.6 Å². The number of hydrogen-bond donors (Lipinski definition) is 1. The molecular formula is C13H16ClNO2. The van der Waals surface area contributed by atoms with Crippen molar-refractivity contribution in [3.8, 4) is 11.5 Å². The molecule has 3 rings (SSSR count). The van der Waals surface area contributed by atoms with Gasteiger partial charge in [0, 0.05) is 36.1 Å². The minimum Gasteiger partial charge on any atom is -0.493 e. The molecule has 2 aliphatic heterocycles. The summed E-state index contributed by atoms with van der Waals surface area (Å²) >= 11 is 6.38. The molecule has 1 aromatic carbocycles. The van der Waals surface area contributed by atoms with Gasteiger partial charge in [0.15, 0.2) is 0 Å². The molecule has 92 valence electrons. The second kappa shape index (κ2) is 4.39. The second-order valence-corrected chi connectivity index (χ2v) is 4.76. The van der Waals surface area contributed by atoms with Gasteiger partial charge in [0.2, 0.25) is 0 Å². The maximum absolute atomic E-state index is 6.38. The van der Waals surface area contributed by atoms with Crippen molar-refractivity contribution in [2.45, 2.75) is 26.3 Å². The lowest BCUT2D eigenvalue weighted by atomic mass is 9.99. The molecule has 0 saturated carbocycles. The van der Waals surface area contributed by atoms with Gasteiger partial charge in [-0.25, -0.2) is 0 Å². The van der Waals surface area contributed by atoms with Crippen LogP contribution in [-0.2, 0) is 19.4 Å². The van der Waals surface area contributed by atoms with Gasteiger partial charge in [0.05, 0.1) is 18.2 Å². The van der Waals surface area contributed by atoms with E-state index in [-0.39, 0.29) is 0 Å². The van der Waals surface area contributed by atoms with Crippen molar-refractivity contribution in [3.63, 3.8) is 0 Å². The van der Waals surface area contributed by atoms with Crippen LogP contribution in [0.5, 0.6) is 11.5 Å². The first kappa shape index (κ1) is 11.2. The van der Waals surface area contributed by atoms with Crippen molar-refractivity contribution in [2.24, 2.45) is 0 Å². The van der Waals surface area contributed by atoms with Gasteiger partial charge in [-0.3, -0.25) is 0 Å². The fourth-order valence-electron chi connectivity index (χ4n) is 2.59. The van der Waals surface area contributed by atoms with Crippen LogP contribution in [0.15, 0.2) is 0 Å². The van der Waals surface area contributed by atoms with Crippen LogP contribution in [0.4, 0.5) is 0 Å². The number of benzene rings is 1. The number of rotatable bonds is 3. The zero-order valence-corrected chi connectivity index (χ0v) is 10.7. The molecule has 0 aliphatic carbocycles. The lowest BCUT2D eigenvalue weighted by molar-refractivity contribution is 0.352. The molecule has 4 heteroatoms. The molecule has 0 atom stereocenters. The third kappa shape index (κ3) is 1.69. The first-order valence-electron chi connectivity index (χ1n) is 6.15. The lowest BCUT2D eigenvalue weighted by Gasteiger charge is -2.14. The fraction of sp³-hybridized carbons (Fsp3) is 0.538. The molecule has 1 aromatic rings. The van der Waals surface area contributed by atoms with Crippen molar-refractivity contribution >= 4 is 11.6 Å².